The van der Waals surface area contributed by atoms with E-state index in [-0.39, 0.29) is 5.70 Å². The summed E-state index contributed by atoms with van der Waals surface area (Å²) >= 11 is 0. The van der Waals surface area contributed by atoms with Crippen LogP contribution in [0.5, 0.6) is 5.75 Å². The third-order valence-corrected chi connectivity index (χ3v) is 5.25. The van der Waals surface area contributed by atoms with Crippen LogP contribution in [0.4, 0.5) is 16.2 Å². The lowest BCUT2D eigenvalue weighted by atomic mass is 10.00. The Bertz CT molecular complexity index is 1010. The molecule has 4 rings (SSSR count). The quantitative estimate of drug-likeness (QED) is 0.765. The molecule has 7 nitrogen and oxygen atoms in total. The van der Waals surface area contributed by atoms with Gasteiger partial charge in [0.05, 0.1) is 12.8 Å². The summed E-state index contributed by atoms with van der Waals surface area (Å²) in [6, 6.07) is 11.6. The monoisotopic (exact) mass is 391 g/mol. The average molecular weight is 391 g/mol. The first-order valence-electron chi connectivity index (χ1n) is 9.38. The molecule has 0 saturated carbocycles. The first-order chi connectivity index (χ1) is 14.0. The van der Waals surface area contributed by atoms with E-state index in [2.05, 4.69) is 17.2 Å². The summed E-state index contributed by atoms with van der Waals surface area (Å²) in [6.07, 6.45) is 3.21. The van der Waals surface area contributed by atoms with Crippen molar-refractivity contribution in [2.75, 3.05) is 17.3 Å². The molecule has 2 N–H and O–H groups in total. The number of aryl methyl sites for hydroxylation is 2. The van der Waals surface area contributed by atoms with Crippen molar-refractivity contribution in [1.82, 2.24) is 5.32 Å². The lowest BCUT2D eigenvalue weighted by molar-refractivity contribution is -0.132. The van der Waals surface area contributed by atoms with E-state index >= 15 is 0 Å². The van der Waals surface area contributed by atoms with Gasteiger partial charge in [0.15, 0.2) is 5.92 Å². The van der Waals surface area contributed by atoms with Crippen molar-refractivity contribution >= 4 is 29.2 Å². The second kappa shape index (κ2) is 7.43. The molecule has 1 heterocycles. The fourth-order valence-corrected chi connectivity index (χ4v) is 3.77. The lowest BCUT2D eigenvalue weighted by Crippen LogP contribution is -2.59. The first-order valence-corrected chi connectivity index (χ1v) is 9.38. The molecule has 29 heavy (non-hydrogen) atoms. The normalized spacial score (nSPS) is 18.3. The summed E-state index contributed by atoms with van der Waals surface area (Å²) in [4.78, 5) is 38.7. The van der Waals surface area contributed by atoms with Gasteiger partial charge in [-0.1, -0.05) is 12.6 Å². The zero-order valence-electron chi connectivity index (χ0n) is 16.0. The second-order valence-corrected chi connectivity index (χ2v) is 7.09. The highest BCUT2D eigenvalue weighted by Gasteiger charge is 2.43. The Labute approximate surface area is 168 Å². The molecule has 1 atom stereocenters. The van der Waals surface area contributed by atoms with Crippen molar-refractivity contribution in [3.8, 4) is 5.75 Å². The maximum Gasteiger partial charge on any atom is 0.335 e. The van der Waals surface area contributed by atoms with E-state index in [4.69, 9.17) is 4.74 Å². The Balaban J connectivity index is 1.56. The van der Waals surface area contributed by atoms with Crippen LogP contribution in [0.3, 0.4) is 0 Å². The topological polar surface area (TPSA) is 87.7 Å². The molecule has 0 bridgehead atoms. The van der Waals surface area contributed by atoms with Gasteiger partial charge in [-0.25, -0.2) is 9.69 Å². The number of amides is 4. The highest BCUT2D eigenvalue weighted by Crippen LogP contribution is 2.29. The molecule has 4 amide bonds. The van der Waals surface area contributed by atoms with Crippen LogP contribution >= 0.6 is 0 Å². The number of carbonyl (C=O) groups excluding carboxylic acids is 3. The predicted octanol–water partition coefficient (Wildman–Crippen LogP) is 3.01. The number of urea groups is 1. The van der Waals surface area contributed by atoms with E-state index < -0.39 is 23.8 Å². The molecule has 1 aliphatic heterocycles. The number of nitrogens with zero attached hydrogens (tertiary/aromatic N) is 1. The zero-order chi connectivity index (χ0) is 20.5. The number of hydrogen-bond acceptors (Lipinski definition) is 5. The minimum Gasteiger partial charge on any atom is -0.497 e. The summed E-state index contributed by atoms with van der Waals surface area (Å²) in [5.74, 6) is -1.97. The number of rotatable bonds is 5. The number of carbonyl (C=O) groups is 3. The highest BCUT2D eigenvalue weighted by atomic mass is 16.5. The third kappa shape index (κ3) is 3.47. The van der Waals surface area contributed by atoms with Crippen LogP contribution in [0.15, 0.2) is 54.7 Å². The van der Waals surface area contributed by atoms with Crippen LogP contribution in [0.1, 0.15) is 17.5 Å². The van der Waals surface area contributed by atoms with E-state index in [0.717, 1.165) is 29.8 Å². The summed E-state index contributed by atoms with van der Waals surface area (Å²) in [6.45, 7) is 3.90. The first kappa shape index (κ1) is 18.7. The number of fused-ring (bicyclic) bond motifs is 1. The van der Waals surface area contributed by atoms with Gasteiger partial charge in [-0.15, -0.1) is 0 Å². The predicted molar refractivity (Wildman–Crippen MR) is 109 cm³/mol. The zero-order valence-corrected chi connectivity index (χ0v) is 16.0. The second-order valence-electron chi connectivity index (χ2n) is 7.09. The maximum absolute atomic E-state index is 13.0. The molecule has 7 heteroatoms. The maximum atomic E-state index is 13.0. The molecule has 0 radical (unpaired) electrons. The molecule has 2 aliphatic rings. The Hall–Kier alpha value is -3.61. The Morgan fingerprint density at radius 1 is 1.10 bits per heavy atom. The molecule has 2 aromatic rings. The Kier molecular flexibility index (Phi) is 4.80. The summed E-state index contributed by atoms with van der Waals surface area (Å²) in [5, 5.41) is 5.31. The van der Waals surface area contributed by atoms with Crippen molar-refractivity contribution in [2.45, 2.75) is 19.3 Å². The van der Waals surface area contributed by atoms with Crippen LogP contribution in [0.25, 0.3) is 0 Å². The molecule has 0 spiro atoms. The van der Waals surface area contributed by atoms with E-state index in [0.29, 0.717) is 11.4 Å². The largest absolute Gasteiger partial charge is 0.497 e. The van der Waals surface area contributed by atoms with Crippen molar-refractivity contribution in [2.24, 2.45) is 5.92 Å². The van der Waals surface area contributed by atoms with Gasteiger partial charge in [0, 0.05) is 11.4 Å². The number of methoxy groups -OCH3 is 1. The standard InChI is InChI=1S/C22H21N3O4/c1-13(23-16-7-6-14-4-3-5-15(14)12-16)19-20(26)24-22(28)25(21(19)27)17-8-10-18(29-2)11-9-17/h6-12,19,23H,1,3-5H2,2H3,(H,24,26,28)/t19-/m0/s1. The number of anilines is 2. The summed E-state index contributed by atoms with van der Waals surface area (Å²) in [5.41, 5.74) is 3.91. The molecule has 1 saturated heterocycles. The van der Waals surface area contributed by atoms with Gasteiger partial charge in [0.2, 0.25) is 5.91 Å². The van der Waals surface area contributed by atoms with E-state index in [1.54, 1.807) is 24.3 Å². The van der Waals surface area contributed by atoms with Gasteiger partial charge in [-0.05, 0) is 66.8 Å². The van der Waals surface area contributed by atoms with Gasteiger partial charge in [-0.2, -0.15) is 0 Å². The molecule has 1 fully saturated rings. The smallest absolute Gasteiger partial charge is 0.335 e. The van der Waals surface area contributed by atoms with Gasteiger partial charge in [0.25, 0.3) is 5.91 Å². The van der Waals surface area contributed by atoms with Crippen molar-refractivity contribution < 1.29 is 19.1 Å². The van der Waals surface area contributed by atoms with Crippen molar-refractivity contribution in [1.29, 1.82) is 0 Å². The minimum absolute atomic E-state index is 0.219. The lowest BCUT2D eigenvalue weighted by Gasteiger charge is -2.31. The van der Waals surface area contributed by atoms with Crippen LogP contribution in [0.2, 0.25) is 0 Å². The van der Waals surface area contributed by atoms with E-state index in [1.165, 1.54) is 18.2 Å². The SMILES string of the molecule is C=C(Nc1ccc2c(c1)CCC2)[C@H]1C(=O)NC(=O)N(c2ccc(OC)cc2)C1=O. The number of barbiturate groups is 1. The summed E-state index contributed by atoms with van der Waals surface area (Å²) < 4.78 is 5.10. The average Bonchev–Trinajstić information content (AvgIpc) is 3.16. The van der Waals surface area contributed by atoms with Gasteiger partial charge >= 0.3 is 6.03 Å². The van der Waals surface area contributed by atoms with E-state index in [9.17, 15) is 14.4 Å². The number of benzene rings is 2. The van der Waals surface area contributed by atoms with E-state index in [1.807, 2.05) is 18.2 Å². The van der Waals surface area contributed by atoms with Gasteiger partial charge < -0.3 is 10.1 Å². The minimum atomic E-state index is -1.22. The molecule has 1 aliphatic carbocycles. The molecule has 148 valence electrons. The van der Waals surface area contributed by atoms with Crippen LogP contribution in [-0.4, -0.2) is 25.0 Å². The number of hydrogen-bond donors (Lipinski definition) is 2. The Morgan fingerprint density at radius 3 is 2.55 bits per heavy atom. The van der Waals surface area contributed by atoms with Gasteiger partial charge in [0.1, 0.15) is 5.75 Å². The summed E-state index contributed by atoms with van der Waals surface area (Å²) in [7, 11) is 1.52. The van der Waals surface area contributed by atoms with Crippen molar-refractivity contribution in [3.05, 3.63) is 65.9 Å². The number of nitrogens with one attached hydrogen (secondary N) is 2. The number of imide groups is 2. The molecular formula is C22H21N3O4. The highest BCUT2D eigenvalue weighted by molar-refractivity contribution is 6.28. The van der Waals surface area contributed by atoms with Crippen molar-refractivity contribution in [3.63, 3.8) is 0 Å². The molecular weight excluding hydrogens is 370 g/mol. The molecule has 0 unspecified atom stereocenters. The number of ether oxygens (including phenoxy) is 1. The van der Waals surface area contributed by atoms with Gasteiger partial charge in [-0.3, -0.25) is 14.9 Å². The third-order valence-electron chi connectivity index (χ3n) is 5.25. The molecule has 0 aromatic heterocycles. The van der Waals surface area contributed by atoms with Crippen LogP contribution in [-0.2, 0) is 22.4 Å². The van der Waals surface area contributed by atoms with Crippen LogP contribution in [0, 0.1) is 5.92 Å². The fourth-order valence-electron chi connectivity index (χ4n) is 3.77. The fraction of sp³-hybridized carbons (Fsp3) is 0.227. The molecule has 2 aromatic carbocycles. The Morgan fingerprint density at radius 2 is 1.83 bits per heavy atom. The van der Waals surface area contributed by atoms with Crippen LogP contribution < -0.4 is 20.3 Å².